The fourth-order valence-electron chi connectivity index (χ4n) is 1.81. The molecule has 0 amide bonds. The van der Waals surface area contributed by atoms with Gasteiger partial charge in [0, 0.05) is 6.42 Å². The number of ketones is 1. The first-order chi connectivity index (χ1) is 5.47. The summed E-state index contributed by atoms with van der Waals surface area (Å²) < 4.78 is -0.327. The first-order valence-electron chi connectivity index (χ1n) is 4.72. The molecule has 0 bridgehead atoms. The van der Waals surface area contributed by atoms with Crippen molar-refractivity contribution in [2.75, 3.05) is 0 Å². The minimum Gasteiger partial charge on any atom is -0.298 e. The highest BCUT2D eigenvalue weighted by Gasteiger charge is 2.40. The Balaban J connectivity index is 2.73. The van der Waals surface area contributed by atoms with Gasteiger partial charge in [-0.3, -0.25) is 4.79 Å². The zero-order chi connectivity index (χ0) is 9.35. The van der Waals surface area contributed by atoms with Gasteiger partial charge in [0.2, 0.25) is 0 Å². The molecule has 0 N–H and O–H groups in total. The van der Waals surface area contributed by atoms with Crippen LogP contribution in [0, 0.1) is 11.8 Å². The molecule has 1 fully saturated rings. The van der Waals surface area contributed by atoms with Crippen molar-refractivity contribution in [3.63, 3.8) is 0 Å². The zero-order valence-electron chi connectivity index (χ0n) is 8.13. The SMILES string of the molecule is CC(C)[C@@]1(S)CC[C@@H](C)CC1=O. The molecule has 1 rings (SSSR count). The minimum atomic E-state index is -0.327. The second-order valence-corrected chi connectivity index (χ2v) is 5.15. The number of rotatable bonds is 1. The van der Waals surface area contributed by atoms with Crippen molar-refractivity contribution >= 4 is 18.4 Å². The van der Waals surface area contributed by atoms with Gasteiger partial charge in [0.25, 0.3) is 0 Å². The molecule has 0 heterocycles. The quantitative estimate of drug-likeness (QED) is 0.623. The maximum absolute atomic E-state index is 11.7. The van der Waals surface area contributed by atoms with Crippen LogP contribution in [-0.4, -0.2) is 10.5 Å². The van der Waals surface area contributed by atoms with Crippen molar-refractivity contribution in [1.29, 1.82) is 0 Å². The molecule has 1 saturated carbocycles. The van der Waals surface area contributed by atoms with Gasteiger partial charge in [-0.05, 0) is 24.7 Å². The smallest absolute Gasteiger partial charge is 0.149 e. The molecule has 12 heavy (non-hydrogen) atoms. The maximum atomic E-state index is 11.7. The highest BCUT2D eigenvalue weighted by atomic mass is 32.1. The van der Waals surface area contributed by atoms with E-state index in [-0.39, 0.29) is 4.75 Å². The van der Waals surface area contributed by atoms with Crippen LogP contribution in [0.1, 0.15) is 40.0 Å². The molecule has 0 unspecified atom stereocenters. The fourth-order valence-corrected chi connectivity index (χ4v) is 2.03. The molecule has 2 atom stereocenters. The standard InChI is InChI=1S/C10H18OS/c1-7(2)10(12)5-4-8(3)6-9(10)11/h7-8,12H,4-6H2,1-3H3/t8-,10+/m1/s1. The molecule has 70 valence electrons. The van der Waals surface area contributed by atoms with Crippen LogP contribution in [-0.2, 0) is 4.79 Å². The molecule has 0 spiro atoms. The van der Waals surface area contributed by atoms with Gasteiger partial charge in [0.1, 0.15) is 5.78 Å². The number of thiol groups is 1. The molecule has 0 saturated heterocycles. The maximum Gasteiger partial charge on any atom is 0.149 e. The lowest BCUT2D eigenvalue weighted by atomic mass is 9.76. The van der Waals surface area contributed by atoms with Crippen LogP contribution in [0.3, 0.4) is 0 Å². The topological polar surface area (TPSA) is 17.1 Å². The summed E-state index contributed by atoms with van der Waals surface area (Å²) >= 11 is 4.53. The van der Waals surface area contributed by atoms with E-state index in [1.54, 1.807) is 0 Å². The fraction of sp³-hybridized carbons (Fsp3) is 0.900. The van der Waals surface area contributed by atoms with Gasteiger partial charge in [-0.1, -0.05) is 20.8 Å². The van der Waals surface area contributed by atoms with Gasteiger partial charge in [0.15, 0.2) is 0 Å². The van der Waals surface area contributed by atoms with Crippen LogP contribution in [0.5, 0.6) is 0 Å². The largest absolute Gasteiger partial charge is 0.298 e. The van der Waals surface area contributed by atoms with E-state index in [2.05, 4.69) is 33.4 Å². The second kappa shape index (κ2) is 3.41. The Labute approximate surface area is 80.3 Å². The van der Waals surface area contributed by atoms with E-state index in [4.69, 9.17) is 0 Å². The second-order valence-electron chi connectivity index (χ2n) is 4.35. The molecule has 1 aliphatic carbocycles. The zero-order valence-corrected chi connectivity index (χ0v) is 9.03. The summed E-state index contributed by atoms with van der Waals surface area (Å²) in [5, 5.41) is 0. The van der Waals surface area contributed by atoms with Crippen molar-refractivity contribution in [1.82, 2.24) is 0 Å². The Morgan fingerprint density at radius 3 is 2.58 bits per heavy atom. The molecule has 0 aromatic heterocycles. The summed E-state index contributed by atoms with van der Waals surface area (Å²) in [4.78, 5) is 11.7. The number of hydrogen-bond donors (Lipinski definition) is 1. The summed E-state index contributed by atoms with van der Waals surface area (Å²) in [5.74, 6) is 1.27. The Kier molecular flexibility index (Phi) is 2.87. The van der Waals surface area contributed by atoms with E-state index in [1.807, 2.05) is 0 Å². The summed E-state index contributed by atoms with van der Waals surface area (Å²) in [6, 6.07) is 0. The van der Waals surface area contributed by atoms with Crippen LogP contribution in [0.15, 0.2) is 0 Å². The summed E-state index contributed by atoms with van der Waals surface area (Å²) in [6.07, 6.45) is 2.82. The Morgan fingerprint density at radius 2 is 2.17 bits per heavy atom. The molecule has 2 heteroatoms. The third-order valence-corrected chi connectivity index (χ3v) is 3.98. The molecule has 0 aromatic rings. The van der Waals surface area contributed by atoms with Crippen LogP contribution >= 0.6 is 12.6 Å². The molecular weight excluding hydrogens is 168 g/mol. The van der Waals surface area contributed by atoms with E-state index < -0.39 is 0 Å². The lowest BCUT2D eigenvalue weighted by Gasteiger charge is -2.37. The Hall–Kier alpha value is 0.0200. The summed E-state index contributed by atoms with van der Waals surface area (Å²) in [5.41, 5.74) is 0. The van der Waals surface area contributed by atoms with Crippen molar-refractivity contribution in [2.45, 2.75) is 44.8 Å². The van der Waals surface area contributed by atoms with Gasteiger partial charge in [-0.25, -0.2) is 0 Å². The van der Waals surface area contributed by atoms with Gasteiger partial charge in [-0.2, -0.15) is 12.6 Å². The highest BCUT2D eigenvalue weighted by Crippen LogP contribution is 2.38. The van der Waals surface area contributed by atoms with Crippen LogP contribution in [0.2, 0.25) is 0 Å². The van der Waals surface area contributed by atoms with Crippen molar-refractivity contribution in [3.05, 3.63) is 0 Å². The van der Waals surface area contributed by atoms with E-state index in [0.717, 1.165) is 19.3 Å². The molecule has 1 nitrogen and oxygen atoms in total. The Bertz CT molecular complexity index is 188. The van der Waals surface area contributed by atoms with E-state index in [1.165, 1.54) is 0 Å². The minimum absolute atomic E-state index is 0.327. The van der Waals surface area contributed by atoms with E-state index >= 15 is 0 Å². The van der Waals surface area contributed by atoms with Gasteiger partial charge < -0.3 is 0 Å². The third-order valence-electron chi connectivity index (χ3n) is 2.99. The van der Waals surface area contributed by atoms with E-state index in [0.29, 0.717) is 17.6 Å². The highest BCUT2D eigenvalue weighted by molar-refractivity contribution is 7.82. The van der Waals surface area contributed by atoms with Gasteiger partial charge >= 0.3 is 0 Å². The lowest BCUT2D eigenvalue weighted by Crippen LogP contribution is -2.42. The average Bonchev–Trinajstić information content (AvgIpc) is 1.97. The number of carbonyl (C=O) groups excluding carboxylic acids is 1. The van der Waals surface area contributed by atoms with Crippen LogP contribution in [0.4, 0.5) is 0 Å². The van der Waals surface area contributed by atoms with E-state index in [9.17, 15) is 4.79 Å². The molecule has 0 radical (unpaired) electrons. The molecule has 0 aliphatic heterocycles. The first kappa shape index (κ1) is 10.1. The summed E-state index contributed by atoms with van der Waals surface area (Å²) in [6.45, 7) is 6.31. The van der Waals surface area contributed by atoms with Crippen molar-refractivity contribution in [2.24, 2.45) is 11.8 Å². The predicted octanol–water partition coefficient (Wildman–Crippen LogP) is 2.70. The number of carbonyl (C=O) groups is 1. The van der Waals surface area contributed by atoms with Crippen molar-refractivity contribution < 1.29 is 4.79 Å². The van der Waals surface area contributed by atoms with Gasteiger partial charge in [0.05, 0.1) is 4.75 Å². The number of Topliss-reactive ketones (excluding diaryl/α,β-unsaturated/α-hetero) is 1. The lowest BCUT2D eigenvalue weighted by molar-refractivity contribution is -0.125. The normalized spacial score (nSPS) is 37.4. The van der Waals surface area contributed by atoms with Gasteiger partial charge in [-0.15, -0.1) is 0 Å². The summed E-state index contributed by atoms with van der Waals surface area (Å²) in [7, 11) is 0. The first-order valence-corrected chi connectivity index (χ1v) is 5.17. The van der Waals surface area contributed by atoms with Crippen molar-refractivity contribution in [3.8, 4) is 0 Å². The van der Waals surface area contributed by atoms with Crippen LogP contribution < -0.4 is 0 Å². The monoisotopic (exact) mass is 186 g/mol. The number of hydrogen-bond acceptors (Lipinski definition) is 2. The van der Waals surface area contributed by atoms with Crippen LogP contribution in [0.25, 0.3) is 0 Å². The molecule has 0 aromatic carbocycles. The molecule has 1 aliphatic rings. The third kappa shape index (κ3) is 1.68. The predicted molar refractivity (Wildman–Crippen MR) is 54.6 cm³/mol. The average molecular weight is 186 g/mol. The molecular formula is C10H18OS. The Morgan fingerprint density at radius 1 is 1.58 bits per heavy atom.